The Bertz CT molecular complexity index is 619. The fraction of sp³-hybridized carbons (Fsp3) is 0.333. The van der Waals surface area contributed by atoms with Crippen LogP contribution >= 0.6 is 11.8 Å². The molecule has 0 spiro atoms. The van der Waals surface area contributed by atoms with Crippen molar-refractivity contribution in [3.05, 3.63) is 36.9 Å². The summed E-state index contributed by atoms with van der Waals surface area (Å²) in [6.45, 7) is 1.79. The van der Waals surface area contributed by atoms with Crippen LogP contribution in [0.5, 0.6) is 0 Å². The maximum Gasteiger partial charge on any atom is 0.406 e. The highest BCUT2D eigenvalue weighted by Crippen LogP contribution is 2.36. The smallest absolute Gasteiger partial charge is 0.330 e. The van der Waals surface area contributed by atoms with E-state index in [9.17, 15) is 22.8 Å². The molecule has 2 rings (SSSR count). The van der Waals surface area contributed by atoms with E-state index in [1.165, 1.54) is 17.8 Å². The van der Waals surface area contributed by atoms with Gasteiger partial charge in [-0.1, -0.05) is 18.2 Å². The van der Waals surface area contributed by atoms with E-state index in [-0.39, 0.29) is 18.9 Å². The fourth-order valence-electron chi connectivity index (χ4n) is 2.14. The Labute approximate surface area is 135 Å². The second-order valence-corrected chi connectivity index (χ2v) is 6.22. The van der Waals surface area contributed by atoms with Gasteiger partial charge in [-0.15, -0.1) is 18.3 Å². The van der Waals surface area contributed by atoms with Crippen molar-refractivity contribution in [2.24, 2.45) is 0 Å². The standard InChI is InChI=1S/C15H15F3N2O2S/c1-2-7-20(9-15(16,17)18)13(21)8-12-14(22)19-10-5-3-4-6-11(10)23-12/h2-6,12H,1,7-9H2,(H,19,22). The van der Waals surface area contributed by atoms with Gasteiger partial charge in [-0.25, -0.2) is 0 Å². The van der Waals surface area contributed by atoms with Gasteiger partial charge < -0.3 is 10.2 Å². The maximum atomic E-state index is 12.5. The third-order valence-corrected chi connectivity index (χ3v) is 4.41. The molecule has 8 heteroatoms. The predicted octanol–water partition coefficient (Wildman–Crippen LogP) is 3.07. The summed E-state index contributed by atoms with van der Waals surface area (Å²) in [5.41, 5.74) is 0.643. The second-order valence-electron chi connectivity index (χ2n) is 4.97. The number of anilines is 1. The van der Waals surface area contributed by atoms with Gasteiger partial charge in [0.15, 0.2) is 0 Å². The molecule has 0 saturated heterocycles. The van der Waals surface area contributed by atoms with Crippen LogP contribution in [0.25, 0.3) is 0 Å². The molecule has 1 aromatic rings. The zero-order valence-electron chi connectivity index (χ0n) is 12.1. The highest BCUT2D eigenvalue weighted by Gasteiger charge is 2.35. The number of fused-ring (bicyclic) bond motifs is 1. The van der Waals surface area contributed by atoms with E-state index in [1.807, 2.05) is 0 Å². The van der Waals surface area contributed by atoms with E-state index in [4.69, 9.17) is 0 Å². The lowest BCUT2D eigenvalue weighted by Gasteiger charge is -2.27. The van der Waals surface area contributed by atoms with Crippen LogP contribution in [0.15, 0.2) is 41.8 Å². The first kappa shape index (κ1) is 17.4. The summed E-state index contributed by atoms with van der Waals surface area (Å²) in [6, 6.07) is 7.07. The predicted molar refractivity (Wildman–Crippen MR) is 82.2 cm³/mol. The van der Waals surface area contributed by atoms with E-state index in [0.717, 1.165) is 4.90 Å². The Hall–Kier alpha value is -1.96. The monoisotopic (exact) mass is 344 g/mol. The minimum Gasteiger partial charge on any atom is -0.330 e. The lowest BCUT2D eigenvalue weighted by atomic mass is 10.2. The summed E-state index contributed by atoms with van der Waals surface area (Å²) in [7, 11) is 0. The number of carbonyl (C=O) groups is 2. The third kappa shape index (κ3) is 4.75. The number of nitrogens with zero attached hydrogens (tertiary/aromatic N) is 1. The molecule has 0 fully saturated rings. The van der Waals surface area contributed by atoms with Crippen molar-refractivity contribution in [1.29, 1.82) is 0 Å². The average molecular weight is 344 g/mol. The normalized spacial score (nSPS) is 17.2. The molecule has 1 aromatic carbocycles. The van der Waals surface area contributed by atoms with Gasteiger partial charge in [0.25, 0.3) is 0 Å². The zero-order valence-corrected chi connectivity index (χ0v) is 12.9. The van der Waals surface area contributed by atoms with Gasteiger partial charge in [0, 0.05) is 17.9 Å². The van der Waals surface area contributed by atoms with Gasteiger partial charge in [0.05, 0.1) is 10.9 Å². The van der Waals surface area contributed by atoms with E-state index < -0.39 is 23.9 Å². The van der Waals surface area contributed by atoms with Crippen molar-refractivity contribution in [1.82, 2.24) is 4.90 Å². The van der Waals surface area contributed by atoms with Crippen molar-refractivity contribution in [2.75, 3.05) is 18.4 Å². The van der Waals surface area contributed by atoms with Crippen molar-refractivity contribution < 1.29 is 22.8 Å². The van der Waals surface area contributed by atoms with Gasteiger partial charge >= 0.3 is 6.18 Å². The molecular weight excluding hydrogens is 329 g/mol. The molecule has 0 bridgehead atoms. The van der Waals surface area contributed by atoms with Gasteiger partial charge in [-0.2, -0.15) is 13.2 Å². The van der Waals surface area contributed by atoms with Crippen LogP contribution in [0.1, 0.15) is 6.42 Å². The Morgan fingerprint density at radius 3 is 2.74 bits per heavy atom. The SMILES string of the molecule is C=CCN(CC(F)(F)F)C(=O)CC1Sc2ccccc2NC1=O. The lowest BCUT2D eigenvalue weighted by Crippen LogP contribution is -2.42. The van der Waals surface area contributed by atoms with Crippen molar-refractivity contribution in [2.45, 2.75) is 22.7 Å². The van der Waals surface area contributed by atoms with Gasteiger partial charge in [-0.05, 0) is 12.1 Å². The molecule has 0 saturated carbocycles. The first-order valence-corrected chi connectivity index (χ1v) is 7.70. The summed E-state index contributed by atoms with van der Waals surface area (Å²) in [5, 5.41) is 1.91. The Kier molecular flexibility index (Phi) is 5.35. The molecule has 2 amide bonds. The minimum atomic E-state index is -4.49. The fourth-order valence-corrected chi connectivity index (χ4v) is 3.24. The van der Waals surface area contributed by atoms with Crippen LogP contribution in [0.3, 0.4) is 0 Å². The number of halogens is 3. The van der Waals surface area contributed by atoms with Crippen LogP contribution in [0.4, 0.5) is 18.9 Å². The largest absolute Gasteiger partial charge is 0.406 e. The number of benzene rings is 1. The van der Waals surface area contributed by atoms with Crippen molar-refractivity contribution in [3.8, 4) is 0 Å². The Morgan fingerprint density at radius 1 is 1.39 bits per heavy atom. The number of para-hydroxylation sites is 1. The number of thioether (sulfide) groups is 1. The number of nitrogens with one attached hydrogen (secondary N) is 1. The maximum absolute atomic E-state index is 12.5. The van der Waals surface area contributed by atoms with Crippen LogP contribution < -0.4 is 5.32 Å². The lowest BCUT2D eigenvalue weighted by molar-refractivity contribution is -0.160. The molecule has 4 nitrogen and oxygen atoms in total. The first-order chi connectivity index (χ1) is 10.8. The topological polar surface area (TPSA) is 49.4 Å². The van der Waals surface area contributed by atoms with Gasteiger partial charge in [-0.3, -0.25) is 9.59 Å². The van der Waals surface area contributed by atoms with Crippen LogP contribution in [-0.2, 0) is 9.59 Å². The zero-order chi connectivity index (χ0) is 17.0. The highest BCUT2D eigenvalue weighted by molar-refractivity contribution is 8.01. The second kappa shape index (κ2) is 7.08. The summed E-state index contributed by atoms with van der Waals surface area (Å²) >= 11 is 1.18. The Balaban J connectivity index is 2.06. The summed E-state index contributed by atoms with van der Waals surface area (Å²) in [4.78, 5) is 25.6. The summed E-state index contributed by atoms with van der Waals surface area (Å²) < 4.78 is 37.6. The number of amides is 2. The number of rotatable bonds is 5. The highest BCUT2D eigenvalue weighted by atomic mass is 32.2. The first-order valence-electron chi connectivity index (χ1n) is 6.82. The number of hydrogen-bond acceptors (Lipinski definition) is 3. The van der Waals surface area contributed by atoms with Crippen molar-refractivity contribution in [3.63, 3.8) is 0 Å². The average Bonchev–Trinajstić information content (AvgIpc) is 2.46. The molecule has 1 atom stereocenters. The third-order valence-electron chi connectivity index (χ3n) is 3.14. The Morgan fingerprint density at radius 2 is 2.09 bits per heavy atom. The molecular formula is C15H15F3N2O2S. The molecule has 1 unspecified atom stereocenters. The molecule has 1 aliphatic rings. The van der Waals surface area contributed by atoms with Crippen LogP contribution in [0.2, 0.25) is 0 Å². The summed E-state index contributed by atoms with van der Waals surface area (Å²) in [6.07, 6.45) is -3.56. The van der Waals surface area contributed by atoms with Gasteiger partial charge in [0.1, 0.15) is 6.54 Å². The van der Waals surface area contributed by atoms with E-state index in [0.29, 0.717) is 10.6 Å². The van der Waals surface area contributed by atoms with Crippen molar-refractivity contribution >= 4 is 29.3 Å². The quantitative estimate of drug-likeness (QED) is 0.835. The van der Waals surface area contributed by atoms with Gasteiger partial charge in [0.2, 0.25) is 11.8 Å². The number of carbonyl (C=O) groups excluding carboxylic acids is 2. The number of alkyl halides is 3. The van der Waals surface area contributed by atoms with E-state index >= 15 is 0 Å². The molecule has 1 heterocycles. The van der Waals surface area contributed by atoms with E-state index in [2.05, 4.69) is 11.9 Å². The molecule has 124 valence electrons. The molecule has 0 aromatic heterocycles. The minimum absolute atomic E-state index is 0.214. The van der Waals surface area contributed by atoms with E-state index in [1.54, 1.807) is 24.3 Å². The molecule has 1 N–H and O–H groups in total. The van der Waals surface area contributed by atoms with Crippen LogP contribution in [0, 0.1) is 0 Å². The summed E-state index contributed by atoms with van der Waals surface area (Å²) in [5.74, 6) is -1.11. The molecule has 23 heavy (non-hydrogen) atoms. The molecule has 1 aliphatic heterocycles. The van der Waals surface area contributed by atoms with Crippen LogP contribution in [-0.4, -0.2) is 41.2 Å². The molecule has 0 aliphatic carbocycles. The number of hydrogen-bond donors (Lipinski definition) is 1. The molecule has 0 radical (unpaired) electrons.